The summed E-state index contributed by atoms with van der Waals surface area (Å²) in [6.07, 6.45) is 0. The normalized spacial score (nSPS) is 10.9. The number of rotatable bonds is 10. The van der Waals surface area contributed by atoms with Crippen LogP contribution in [0.4, 0.5) is 5.00 Å². The maximum Gasteiger partial charge on any atom is 0.341 e. The Bertz CT molecular complexity index is 1460. The molecule has 0 aliphatic rings. The number of nitrogens with zero attached hydrogens (tertiary/aromatic N) is 3. The minimum Gasteiger partial charge on any atom is -0.484 e. The summed E-state index contributed by atoms with van der Waals surface area (Å²) in [6.45, 7) is 4.60. The highest BCUT2D eigenvalue weighted by atomic mass is 35.5. The molecule has 2 aromatic heterocycles. The zero-order valence-corrected chi connectivity index (χ0v) is 23.9. The van der Waals surface area contributed by atoms with Gasteiger partial charge in [-0.2, -0.15) is 0 Å². The molecule has 0 fully saturated rings. The minimum atomic E-state index is -0.507. The van der Waals surface area contributed by atoms with Crippen LogP contribution in [0, 0.1) is 6.92 Å². The summed E-state index contributed by atoms with van der Waals surface area (Å²) in [7, 11) is 1.32. The van der Waals surface area contributed by atoms with Crippen molar-refractivity contribution in [2.24, 2.45) is 0 Å². The molecule has 0 aliphatic heterocycles. The molecule has 0 bridgehead atoms. The highest BCUT2D eigenvalue weighted by Gasteiger charge is 2.25. The number of aryl methyl sites for hydroxylation is 1. The van der Waals surface area contributed by atoms with Gasteiger partial charge in [0, 0.05) is 22.0 Å². The molecule has 12 heteroatoms. The van der Waals surface area contributed by atoms with Crippen molar-refractivity contribution in [1.82, 2.24) is 14.8 Å². The Morgan fingerprint density at radius 1 is 1.13 bits per heavy atom. The average Bonchev–Trinajstić information content (AvgIpc) is 3.46. The second kappa shape index (κ2) is 12.7. The fourth-order valence-electron chi connectivity index (χ4n) is 3.76. The van der Waals surface area contributed by atoms with E-state index in [2.05, 4.69) is 15.5 Å². The number of amides is 1. The van der Waals surface area contributed by atoms with Crippen LogP contribution in [0.2, 0.25) is 10.0 Å². The zero-order chi connectivity index (χ0) is 27.2. The summed E-state index contributed by atoms with van der Waals surface area (Å²) < 4.78 is 12.7. The molecule has 2 aromatic carbocycles. The highest BCUT2D eigenvalue weighted by Crippen LogP contribution is 2.40. The third-order valence-corrected chi connectivity index (χ3v) is 8.00. The number of carbonyl (C=O) groups excluding carboxylic acids is 2. The molecule has 38 heavy (non-hydrogen) atoms. The maximum atomic E-state index is 12.9. The number of ether oxygens (including phenoxy) is 2. The Hall–Kier alpha value is -3.05. The maximum absolute atomic E-state index is 12.9. The summed E-state index contributed by atoms with van der Waals surface area (Å²) in [4.78, 5) is 26.5. The summed E-state index contributed by atoms with van der Waals surface area (Å²) in [5, 5.41) is 13.3. The van der Waals surface area contributed by atoms with E-state index in [0.29, 0.717) is 43.9 Å². The van der Waals surface area contributed by atoms with Crippen LogP contribution in [0.3, 0.4) is 0 Å². The van der Waals surface area contributed by atoms with Crippen molar-refractivity contribution in [3.05, 3.63) is 74.8 Å². The standard InChI is InChI=1S/C26H24Cl2N4O4S2/c1-4-32-20(13-36-19-11-10-17(27)12-18(19)28)30-31-26(32)37-14-21(33)29-24-23(25(34)35-3)22(15(2)38-24)16-8-6-5-7-9-16/h5-12H,4,13-14H2,1-3H3,(H,29,33). The first-order chi connectivity index (χ1) is 18.3. The molecule has 0 radical (unpaired) electrons. The Morgan fingerprint density at radius 3 is 2.58 bits per heavy atom. The monoisotopic (exact) mass is 590 g/mol. The van der Waals surface area contributed by atoms with Gasteiger partial charge in [0.15, 0.2) is 11.0 Å². The molecule has 198 valence electrons. The molecule has 4 aromatic rings. The number of aromatic nitrogens is 3. The van der Waals surface area contributed by atoms with Crippen molar-refractivity contribution >= 4 is 63.2 Å². The second-order valence-corrected chi connectivity index (χ2v) is 10.9. The third kappa shape index (κ3) is 6.32. The van der Waals surface area contributed by atoms with Gasteiger partial charge in [0.05, 0.1) is 17.9 Å². The predicted molar refractivity (Wildman–Crippen MR) is 152 cm³/mol. The number of thiophene rings is 1. The van der Waals surface area contributed by atoms with Crippen LogP contribution in [0.15, 0.2) is 53.7 Å². The van der Waals surface area contributed by atoms with E-state index in [1.165, 1.54) is 30.2 Å². The number of anilines is 1. The number of benzene rings is 2. The number of hydrogen-bond donors (Lipinski definition) is 1. The molecule has 0 aliphatic carbocycles. The van der Waals surface area contributed by atoms with Gasteiger partial charge in [-0.15, -0.1) is 21.5 Å². The van der Waals surface area contributed by atoms with E-state index in [-0.39, 0.29) is 18.3 Å². The minimum absolute atomic E-state index is 0.0697. The molecule has 1 N–H and O–H groups in total. The largest absolute Gasteiger partial charge is 0.484 e. The molecule has 0 saturated heterocycles. The lowest BCUT2D eigenvalue weighted by atomic mass is 10.0. The second-order valence-electron chi connectivity index (χ2n) is 7.94. The van der Waals surface area contributed by atoms with Gasteiger partial charge in [-0.3, -0.25) is 4.79 Å². The van der Waals surface area contributed by atoms with Gasteiger partial charge in [0.2, 0.25) is 5.91 Å². The molecule has 0 unspecified atom stereocenters. The summed E-state index contributed by atoms with van der Waals surface area (Å²) in [6, 6.07) is 14.5. The number of hydrogen-bond acceptors (Lipinski definition) is 8. The average molecular weight is 592 g/mol. The highest BCUT2D eigenvalue weighted by molar-refractivity contribution is 7.99. The number of halogens is 2. The molecule has 0 spiro atoms. The van der Waals surface area contributed by atoms with Crippen molar-refractivity contribution in [3.63, 3.8) is 0 Å². The van der Waals surface area contributed by atoms with Crippen LogP contribution in [-0.4, -0.2) is 39.5 Å². The Balaban J connectivity index is 1.45. The van der Waals surface area contributed by atoms with Crippen LogP contribution in [0.5, 0.6) is 5.75 Å². The van der Waals surface area contributed by atoms with Crippen LogP contribution in [0.25, 0.3) is 11.1 Å². The van der Waals surface area contributed by atoms with Gasteiger partial charge in [-0.05, 0) is 37.6 Å². The topological polar surface area (TPSA) is 95.3 Å². The van der Waals surface area contributed by atoms with Crippen molar-refractivity contribution < 1.29 is 19.1 Å². The molecule has 8 nitrogen and oxygen atoms in total. The predicted octanol–water partition coefficient (Wildman–Crippen LogP) is 6.74. The molecule has 1 amide bonds. The van der Waals surface area contributed by atoms with Gasteiger partial charge >= 0.3 is 5.97 Å². The van der Waals surface area contributed by atoms with Gasteiger partial charge in [0.1, 0.15) is 22.9 Å². The van der Waals surface area contributed by atoms with Crippen LogP contribution in [0.1, 0.15) is 28.0 Å². The van der Waals surface area contributed by atoms with Crippen molar-refractivity contribution in [3.8, 4) is 16.9 Å². The number of esters is 1. The van der Waals surface area contributed by atoms with E-state index >= 15 is 0 Å². The lowest BCUT2D eigenvalue weighted by Crippen LogP contribution is -2.16. The number of thioether (sulfide) groups is 1. The summed E-state index contributed by atoms with van der Waals surface area (Å²) in [5.74, 6) is 0.360. The van der Waals surface area contributed by atoms with Crippen molar-refractivity contribution in [2.75, 3.05) is 18.2 Å². The number of nitrogens with one attached hydrogen (secondary N) is 1. The number of carbonyl (C=O) groups is 2. The van der Waals surface area contributed by atoms with Crippen LogP contribution in [-0.2, 0) is 22.7 Å². The Morgan fingerprint density at radius 2 is 1.89 bits per heavy atom. The molecular weight excluding hydrogens is 567 g/mol. The van der Waals surface area contributed by atoms with E-state index < -0.39 is 5.97 Å². The molecular formula is C26H24Cl2N4O4S2. The van der Waals surface area contributed by atoms with E-state index in [9.17, 15) is 9.59 Å². The first kappa shape index (κ1) is 28.0. The molecule has 4 rings (SSSR count). The molecule has 0 saturated carbocycles. The molecule has 0 atom stereocenters. The van der Waals surface area contributed by atoms with E-state index in [4.69, 9.17) is 32.7 Å². The lowest BCUT2D eigenvalue weighted by Gasteiger charge is -2.10. The van der Waals surface area contributed by atoms with E-state index in [0.717, 1.165) is 16.0 Å². The van der Waals surface area contributed by atoms with Crippen molar-refractivity contribution in [2.45, 2.75) is 32.2 Å². The first-order valence-electron chi connectivity index (χ1n) is 11.5. The summed E-state index contributed by atoms with van der Waals surface area (Å²) >= 11 is 14.7. The quantitative estimate of drug-likeness (QED) is 0.161. The molecule has 2 heterocycles. The van der Waals surface area contributed by atoms with Gasteiger partial charge in [0.25, 0.3) is 0 Å². The fraction of sp³-hybridized carbons (Fsp3) is 0.231. The van der Waals surface area contributed by atoms with Crippen LogP contribution >= 0.6 is 46.3 Å². The zero-order valence-electron chi connectivity index (χ0n) is 20.8. The Labute approximate surface area is 238 Å². The van der Waals surface area contributed by atoms with Crippen LogP contribution < -0.4 is 10.1 Å². The lowest BCUT2D eigenvalue weighted by molar-refractivity contribution is -0.113. The van der Waals surface area contributed by atoms with Gasteiger partial charge in [-0.1, -0.05) is 65.3 Å². The van der Waals surface area contributed by atoms with Gasteiger partial charge < -0.3 is 19.4 Å². The fourth-order valence-corrected chi connectivity index (χ4v) is 6.12. The van der Waals surface area contributed by atoms with E-state index in [1.54, 1.807) is 18.2 Å². The number of methoxy groups -OCH3 is 1. The van der Waals surface area contributed by atoms with Gasteiger partial charge in [-0.25, -0.2) is 4.79 Å². The smallest absolute Gasteiger partial charge is 0.341 e. The Kier molecular flexibility index (Phi) is 9.32. The SMILES string of the molecule is CCn1c(COc2ccc(Cl)cc2Cl)nnc1SCC(=O)Nc1sc(C)c(-c2ccccc2)c1C(=O)OC. The third-order valence-electron chi connectivity index (χ3n) is 5.48. The van der Waals surface area contributed by atoms with E-state index in [1.807, 2.05) is 48.7 Å². The summed E-state index contributed by atoms with van der Waals surface area (Å²) in [5.41, 5.74) is 1.97. The first-order valence-corrected chi connectivity index (χ1v) is 14.1. The van der Waals surface area contributed by atoms with Crippen molar-refractivity contribution in [1.29, 1.82) is 0 Å².